The third-order valence-electron chi connectivity index (χ3n) is 4.30. The maximum atomic E-state index is 11.6. The van der Waals surface area contributed by atoms with Crippen LogP contribution in [-0.2, 0) is 0 Å². The van der Waals surface area contributed by atoms with Crippen molar-refractivity contribution in [3.8, 4) is 11.5 Å². The Hall–Kier alpha value is -3.44. The third-order valence-corrected chi connectivity index (χ3v) is 4.30. The van der Waals surface area contributed by atoms with Crippen molar-refractivity contribution in [3.05, 3.63) is 89.0 Å². The Balaban J connectivity index is 1.90. The van der Waals surface area contributed by atoms with Crippen molar-refractivity contribution in [2.24, 2.45) is 4.99 Å². The van der Waals surface area contributed by atoms with E-state index < -0.39 is 5.91 Å². The van der Waals surface area contributed by atoms with Crippen molar-refractivity contribution in [2.75, 3.05) is 0 Å². The van der Waals surface area contributed by atoms with Crippen LogP contribution in [0.4, 0.5) is 5.69 Å². The van der Waals surface area contributed by atoms with Crippen molar-refractivity contribution in [1.82, 2.24) is 5.48 Å². The third kappa shape index (κ3) is 2.74. The summed E-state index contributed by atoms with van der Waals surface area (Å²) in [6, 6.07) is 20.5. The Bertz CT molecular complexity index is 1020. The molecule has 0 aliphatic carbocycles. The molecule has 0 saturated heterocycles. The summed E-state index contributed by atoms with van der Waals surface area (Å²) in [5.41, 5.74) is 6.28. The number of carbonyl (C=O) groups excluding carboxylic acids is 1. The first-order chi connectivity index (χ1) is 12.7. The van der Waals surface area contributed by atoms with E-state index in [0.717, 1.165) is 33.8 Å². The maximum absolute atomic E-state index is 11.6. The van der Waals surface area contributed by atoms with Gasteiger partial charge in [0.15, 0.2) is 5.75 Å². The number of hydroxylamine groups is 1. The molecule has 0 saturated carbocycles. The summed E-state index contributed by atoms with van der Waals surface area (Å²) in [6.45, 7) is 2.00. The average molecular weight is 344 g/mol. The van der Waals surface area contributed by atoms with Gasteiger partial charge >= 0.3 is 0 Å². The minimum atomic E-state index is -0.552. The molecule has 0 fully saturated rings. The van der Waals surface area contributed by atoms with Crippen LogP contribution in [0.1, 0.15) is 27.0 Å². The van der Waals surface area contributed by atoms with Crippen molar-refractivity contribution in [1.29, 1.82) is 0 Å². The first-order valence-electron chi connectivity index (χ1n) is 8.18. The lowest BCUT2D eigenvalue weighted by atomic mass is 9.98. The normalized spacial score (nSPS) is 12.2. The fourth-order valence-electron chi connectivity index (χ4n) is 2.96. The van der Waals surface area contributed by atoms with Crippen LogP contribution in [0.15, 0.2) is 71.7 Å². The zero-order chi connectivity index (χ0) is 18.1. The highest BCUT2D eigenvalue weighted by Gasteiger charge is 2.21. The van der Waals surface area contributed by atoms with E-state index in [9.17, 15) is 4.79 Å². The number of aliphatic imine (C=N–C) groups is 1. The zero-order valence-electron chi connectivity index (χ0n) is 14.1. The SMILES string of the molecule is Cc1cccc2c1Oc1ccccc1N=C2c1ccc(C(=O)NO)cc1. The van der Waals surface area contributed by atoms with E-state index >= 15 is 0 Å². The molecule has 0 radical (unpaired) electrons. The molecule has 0 aromatic heterocycles. The van der Waals surface area contributed by atoms with Crippen LogP contribution >= 0.6 is 0 Å². The average Bonchev–Trinajstić information content (AvgIpc) is 2.85. The van der Waals surface area contributed by atoms with Crippen LogP contribution in [0.5, 0.6) is 11.5 Å². The highest BCUT2D eigenvalue weighted by Crippen LogP contribution is 2.40. The molecule has 1 aliphatic rings. The molecule has 1 amide bonds. The number of carbonyl (C=O) groups is 1. The predicted octanol–water partition coefficient (Wildman–Crippen LogP) is 4.39. The minimum Gasteiger partial charge on any atom is -0.454 e. The summed E-state index contributed by atoms with van der Waals surface area (Å²) < 4.78 is 6.15. The van der Waals surface area contributed by atoms with Crippen LogP contribution in [0.25, 0.3) is 0 Å². The quantitative estimate of drug-likeness (QED) is 0.418. The number of hydrogen-bond donors (Lipinski definition) is 2. The van der Waals surface area contributed by atoms with Gasteiger partial charge in [0.05, 0.1) is 5.71 Å². The van der Waals surface area contributed by atoms with Crippen LogP contribution in [0.3, 0.4) is 0 Å². The van der Waals surface area contributed by atoms with E-state index in [1.165, 1.54) is 0 Å². The topological polar surface area (TPSA) is 70.9 Å². The maximum Gasteiger partial charge on any atom is 0.274 e. The van der Waals surface area contributed by atoms with Crippen LogP contribution < -0.4 is 10.2 Å². The Morgan fingerprint density at radius 3 is 2.54 bits per heavy atom. The summed E-state index contributed by atoms with van der Waals surface area (Å²) in [6.07, 6.45) is 0. The van der Waals surface area contributed by atoms with Gasteiger partial charge in [-0.3, -0.25) is 10.0 Å². The Morgan fingerprint density at radius 1 is 1.00 bits per heavy atom. The van der Waals surface area contributed by atoms with E-state index in [1.54, 1.807) is 17.6 Å². The number of benzene rings is 3. The van der Waals surface area contributed by atoms with E-state index in [-0.39, 0.29) is 0 Å². The fourth-order valence-corrected chi connectivity index (χ4v) is 2.96. The molecule has 5 nitrogen and oxygen atoms in total. The van der Waals surface area contributed by atoms with Crippen LogP contribution in [-0.4, -0.2) is 16.8 Å². The molecule has 3 aromatic rings. The molecule has 3 aromatic carbocycles. The number of nitrogens with one attached hydrogen (secondary N) is 1. The molecule has 0 unspecified atom stereocenters. The molecule has 0 spiro atoms. The minimum absolute atomic E-state index is 0.367. The van der Waals surface area contributed by atoms with Crippen LogP contribution in [0, 0.1) is 6.92 Å². The summed E-state index contributed by atoms with van der Waals surface area (Å²) >= 11 is 0. The summed E-state index contributed by atoms with van der Waals surface area (Å²) in [5.74, 6) is 0.923. The molecule has 4 rings (SSSR count). The molecule has 5 heteroatoms. The molecule has 1 aliphatic heterocycles. The highest BCUT2D eigenvalue weighted by molar-refractivity contribution is 6.16. The summed E-state index contributed by atoms with van der Waals surface area (Å²) in [7, 11) is 0. The number of aryl methyl sites for hydroxylation is 1. The molecule has 2 N–H and O–H groups in total. The molecule has 0 bridgehead atoms. The Labute approximate surface area is 150 Å². The number of para-hydroxylation sites is 3. The molecular weight excluding hydrogens is 328 g/mol. The second kappa shape index (κ2) is 6.46. The van der Waals surface area contributed by atoms with Gasteiger partial charge in [0, 0.05) is 16.7 Å². The zero-order valence-corrected chi connectivity index (χ0v) is 14.1. The van der Waals surface area contributed by atoms with E-state index in [4.69, 9.17) is 14.9 Å². The highest BCUT2D eigenvalue weighted by atomic mass is 16.5. The number of hydrogen-bond acceptors (Lipinski definition) is 4. The lowest BCUT2D eigenvalue weighted by molar-refractivity contribution is 0.0706. The van der Waals surface area contributed by atoms with Gasteiger partial charge in [-0.25, -0.2) is 10.5 Å². The van der Waals surface area contributed by atoms with Gasteiger partial charge in [-0.1, -0.05) is 36.4 Å². The van der Waals surface area contributed by atoms with Crippen molar-refractivity contribution >= 4 is 17.3 Å². The van der Waals surface area contributed by atoms with Gasteiger partial charge in [-0.2, -0.15) is 0 Å². The molecule has 1 heterocycles. The lowest BCUT2D eigenvalue weighted by Gasteiger charge is -2.12. The van der Waals surface area contributed by atoms with Gasteiger partial charge < -0.3 is 4.74 Å². The summed E-state index contributed by atoms with van der Waals surface area (Å²) in [4.78, 5) is 16.4. The van der Waals surface area contributed by atoms with Gasteiger partial charge in [-0.05, 0) is 42.8 Å². The molecular formula is C21H16N2O3. The first kappa shape index (κ1) is 16.1. The molecule has 0 atom stereocenters. The number of nitrogens with zero attached hydrogens (tertiary/aromatic N) is 1. The number of rotatable bonds is 2. The second-order valence-corrected chi connectivity index (χ2v) is 6.00. The summed E-state index contributed by atoms with van der Waals surface area (Å²) in [5, 5.41) is 8.77. The largest absolute Gasteiger partial charge is 0.454 e. The van der Waals surface area contributed by atoms with Gasteiger partial charge in [0.1, 0.15) is 11.4 Å². The predicted molar refractivity (Wildman–Crippen MR) is 98.7 cm³/mol. The Kier molecular flexibility index (Phi) is 3.99. The van der Waals surface area contributed by atoms with E-state index in [0.29, 0.717) is 11.3 Å². The number of amides is 1. The van der Waals surface area contributed by atoms with Gasteiger partial charge in [0.25, 0.3) is 5.91 Å². The van der Waals surface area contributed by atoms with Gasteiger partial charge in [0.2, 0.25) is 0 Å². The van der Waals surface area contributed by atoms with Crippen molar-refractivity contribution < 1.29 is 14.7 Å². The van der Waals surface area contributed by atoms with E-state index in [1.807, 2.05) is 61.5 Å². The van der Waals surface area contributed by atoms with Crippen molar-refractivity contribution in [3.63, 3.8) is 0 Å². The van der Waals surface area contributed by atoms with Crippen molar-refractivity contribution in [2.45, 2.75) is 6.92 Å². The smallest absolute Gasteiger partial charge is 0.274 e. The number of ether oxygens (including phenoxy) is 1. The van der Waals surface area contributed by atoms with E-state index in [2.05, 4.69) is 0 Å². The van der Waals surface area contributed by atoms with Gasteiger partial charge in [-0.15, -0.1) is 0 Å². The lowest BCUT2D eigenvalue weighted by Crippen LogP contribution is -2.18. The molecule has 26 heavy (non-hydrogen) atoms. The molecule has 128 valence electrons. The fraction of sp³-hybridized carbons (Fsp3) is 0.0476. The number of fused-ring (bicyclic) bond motifs is 2. The first-order valence-corrected chi connectivity index (χ1v) is 8.18. The second-order valence-electron chi connectivity index (χ2n) is 6.00. The van der Waals surface area contributed by atoms with Crippen LogP contribution in [0.2, 0.25) is 0 Å². The Morgan fingerprint density at radius 2 is 1.77 bits per heavy atom. The monoisotopic (exact) mass is 344 g/mol. The standard InChI is InChI=1S/C21H16N2O3/c1-13-5-4-6-16-19(14-9-11-15(12-10-14)21(24)23-25)22-17-7-2-3-8-18(17)26-20(13)16/h2-12,25H,1H3,(H,23,24).